The van der Waals surface area contributed by atoms with E-state index in [1.54, 1.807) is 0 Å². The summed E-state index contributed by atoms with van der Waals surface area (Å²) in [6.45, 7) is 26.9. The molecule has 0 N–H and O–H groups in total. The van der Waals surface area contributed by atoms with Gasteiger partial charge in [-0.3, -0.25) is 9.98 Å². The number of benzene rings is 2. The molecule has 0 bridgehead atoms. The molecular weight excluding hydrogens is 555 g/mol. The average molecular weight is 607 g/mol. The first kappa shape index (κ1) is 33.1. The van der Waals surface area contributed by atoms with Crippen LogP contribution < -0.4 is 7.58 Å². The van der Waals surface area contributed by atoms with Gasteiger partial charge in [0.1, 0.15) is 0 Å². The molecule has 0 radical (unpaired) electrons. The molecule has 0 saturated heterocycles. The van der Waals surface area contributed by atoms with Crippen molar-refractivity contribution in [2.45, 2.75) is 143 Å². The topological polar surface area (TPSA) is 43.2 Å². The summed E-state index contributed by atoms with van der Waals surface area (Å²) in [6, 6.07) is 9.30. The maximum atomic E-state index is 7.14. The molecular formula is C36H52AlClN2O2. The summed E-state index contributed by atoms with van der Waals surface area (Å²) in [4.78, 5) is 10.4. The van der Waals surface area contributed by atoms with Crippen molar-refractivity contribution >= 4 is 36.4 Å². The average Bonchev–Trinajstić information content (AvgIpc) is 2.85. The Labute approximate surface area is 264 Å². The van der Waals surface area contributed by atoms with Crippen molar-refractivity contribution in [3.05, 3.63) is 57.6 Å². The van der Waals surface area contributed by atoms with E-state index in [-0.39, 0.29) is 33.7 Å². The molecule has 0 unspecified atom stereocenters. The van der Waals surface area contributed by atoms with Gasteiger partial charge in [-0.1, -0.05) is 108 Å². The lowest BCUT2D eigenvalue weighted by Gasteiger charge is -2.31. The first-order chi connectivity index (χ1) is 19.2. The first-order valence-electron chi connectivity index (χ1n) is 15.7. The molecule has 1 aliphatic carbocycles. The molecule has 2 aliphatic rings. The molecule has 228 valence electrons. The minimum absolute atomic E-state index is 0.0265. The number of nitrogens with zero attached hydrogens (tertiary/aromatic N) is 2. The maximum absolute atomic E-state index is 7.14. The highest BCUT2D eigenvalue weighted by Crippen LogP contribution is 2.41. The molecule has 1 heterocycles. The van der Waals surface area contributed by atoms with Crippen molar-refractivity contribution in [3.63, 3.8) is 0 Å². The SMILES string of the molecule is CC(C)(C)c1cc2c(c(C(C)(C)C)c1)[O][Al]([Cl])[O]c1c(cc(C(C)(C)C)cc1C(C)(C)C)C=N[C@@H]1CCCC[C@H]1N=C2. The van der Waals surface area contributed by atoms with Crippen LogP contribution in [0.2, 0.25) is 0 Å². The van der Waals surface area contributed by atoms with Gasteiger partial charge in [-0.25, -0.2) is 0 Å². The van der Waals surface area contributed by atoms with E-state index >= 15 is 0 Å². The molecule has 42 heavy (non-hydrogen) atoms. The Kier molecular flexibility index (Phi) is 9.42. The Morgan fingerprint density at radius 2 is 0.952 bits per heavy atom. The molecule has 2 atom stereocenters. The fourth-order valence-corrected chi connectivity index (χ4v) is 7.22. The third-order valence-electron chi connectivity index (χ3n) is 8.51. The molecule has 4 nitrogen and oxygen atoms in total. The Hall–Kier alpha value is -1.80. The van der Waals surface area contributed by atoms with Crippen LogP contribution in [0.15, 0.2) is 34.3 Å². The highest BCUT2D eigenvalue weighted by atomic mass is 35.6. The fraction of sp³-hybridized carbons (Fsp3) is 0.611. The Morgan fingerprint density at radius 1 is 0.595 bits per heavy atom. The molecule has 2 aromatic rings. The summed E-state index contributed by atoms with van der Waals surface area (Å²) in [5, 5.41) is 0. The zero-order valence-electron chi connectivity index (χ0n) is 28.1. The van der Waals surface area contributed by atoms with Crippen LogP contribution in [0.4, 0.5) is 0 Å². The third-order valence-corrected chi connectivity index (χ3v) is 9.89. The van der Waals surface area contributed by atoms with E-state index in [1.165, 1.54) is 24.0 Å². The fourth-order valence-electron chi connectivity index (χ4n) is 5.74. The molecule has 0 aromatic heterocycles. The number of aliphatic imine (C=N–C) groups is 2. The Balaban J connectivity index is 1.99. The lowest BCUT2D eigenvalue weighted by molar-refractivity contribution is 0.390. The summed E-state index contributed by atoms with van der Waals surface area (Å²) in [5.74, 6) is 1.59. The quantitative estimate of drug-likeness (QED) is 0.280. The highest BCUT2D eigenvalue weighted by molar-refractivity contribution is 7.00. The summed E-state index contributed by atoms with van der Waals surface area (Å²) >= 11 is -2.74. The number of hydrogen-bond acceptors (Lipinski definition) is 4. The molecule has 6 heteroatoms. The molecule has 4 rings (SSSR count). The normalized spacial score (nSPS) is 20.3. The second kappa shape index (κ2) is 11.9. The summed E-state index contributed by atoms with van der Waals surface area (Å²) < 4.78 is 13.5. The Morgan fingerprint density at radius 3 is 1.26 bits per heavy atom. The third kappa shape index (κ3) is 7.64. The van der Waals surface area contributed by atoms with Gasteiger partial charge < -0.3 is 7.58 Å². The molecule has 1 aliphatic heterocycles. The van der Waals surface area contributed by atoms with Crippen molar-refractivity contribution in [2.75, 3.05) is 0 Å². The molecule has 1 saturated carbocycles. The van der Waals surface area contributed by atoms with E-state index in [0.717, 1.165) is 46.6 Å². The predicted octanol–water partition coefficient (Wildman–Crippen LogP) is 9.72. The van der Waals surface area contributed by atoms with E-state index in [0.29, 0.717) is 0 Å². The van der Waals surface area contributed by atoms with Crippen LogP contribution in [-0.4, -0.2) is 38.4 Å². The van der Waals surface area contributed by atoms with Crippen LogP contribution in [-0.2, 0) is 21.7 Å². The van der Waals surface area contributed by atoms with Crippen molar-refractivity contribution in [2.24, 2.45) is 9.98 Å². The zero-order valence-corrected chi connectivity index (χ0v) is 30.0. The van der Waals surface area contributed by atoms with E-state index in [1.807, 2.05) is 12.4 Å². The van der Waals surface area contributed by atoms with Gasteiger partial charge in [-0.15, -0.1) is 0 Å². The lowest BCUT2D eigenvalue weighted by Crippen LogP contribution is -2.29. The van der Waals surface area contributed by atoms with Gasteiger partial charge >= 0.3 is 13.9 Å². The van der Waals surface area contributed by atoms with Crippen LogP contribution in [0.5, 0.6) is 11.5 Å². The van der Waals surface area contributed by atoms with Gasteiger partial charge in [0.15, 0.2) is 0 Å². The number of halogens is 1. The minimum atomic E-state index is -2.74. The van der Waals surface area contributed by atoms with Crippen LogP contribution in [0, 0.1) is 0 Å². The van der Waals surface area contributed by atoms with Gasteiger partial charge in [0.05, 0.1) is 23.6 Å². The molecule has 2 aromatic carbocycles. The standard InChI is InChI=1S/C36H54N2O2.Al.ClH/c1-33(2,3)25-17-23(31(39)27(19-25)35(7,8)9)21-37-29-15-13-14-16-30(29)38-22-24-18-26(34(4,5)6)20-28(32(24)40)36(10,11)12;;/h17-22,29-30,39-40H,13-16H2,1-12H3;;1H/q;+3;/p-3/t29-,30-;;/m1../s1. The van der Waals surface area contributed by atoms with Crippen LogP contribution in [0.25, 0.3) is 0 Å². The van der Waals surface area contributed by atoms with Crippen molar-refractivity contribution < 1.29 is 7.58 Å². The van der Waals surface area contributed by atoms with E-state index in [2.05, 4.69) is 107 Å². The molecule has 1 fully saturated rings. The van der Waals surface area contributed by atoms with Crippen LogP contribution in [0.3, 0.4) is 0 Å². The van der Waals surface area contributed by atoms with Gasteiger partial charge in [0, 0.05) is 23.6 Å². The largest absolute Gasteiger partial charge is 0.999 e. The Bertz CT molecular complexity index is 1250. The molecule has 0 amide bonds. The summed E-state index contributed by atoms with van der Waals surface area (Å²) in [5.41, 5.74) is 6.34. The van der Waals surface area contributed by atoms with Crippen LogP contribution >= 0.6 is 10.0 Å². The summed E-state index contributed by atoms with van der Waals surface area (Å²) in [6.07, 6.45) is 8.46. The first-order valence-corrected chi connectivity index (χ1v) is 18.4. The second-order valence-corrected chi connectivity index (χ2v) is 18.5. The van der Waals surface area contributed by atoms with Crippen molar-refractivity contribution in [1.29, 1.82) is 0 Å². The smallest absolute Gasteiger partial charge is 0.599 e. The van der Waals surface area contributed by atoms with E-state index in [4.69, 9.17) is 27.6 Å². The number of rotatable bonds is 0. The second-order valence-electron chi connectivity index (χ2n) is 16.4. The monoisotopic (exact) mass is 606 g/mol. The van der Waals surface area contributed by atoms with E-state index < -0.39 is 13.9 Å². The van der Waals surface area contributed by atoms with Crippen molar-refractivity contribution in [3.8, 4) is 11.5 Å². The van der Waals surface area contributed by atoms with E-state index in [9.17, 15) is 0 Å². The summed E-state index contributed by atoms with van der Waals surface area (Å²) in [7, 11) is 7.14. The molecule has 0 spiro atoms. The van der Waals surface area contributed by atoms with Crippen molar-refractivity contribution in [1.82, 2.24) is 0 Å². The number of hydrogen-bond donors (Lipinski definition) is 0. The predicted molar refractivity (Wildman–Crippen MR) is 182 cm³/mol. The number of fused-ring (bicyclic) bond motifs is 3. The van der Waals surface area contributed by atoms with Gasteiger partial charge in [0.2, 0.25) is 0 Å². The highest BCUT2D eigenvalue weighted by Gasteiger charge is 2.38. The maximum Gasteiger partial charge on any atom is 0.999 e. The van der Waals surface area contributed by atoms with Gasteiger partial charge in [-0.2, -0.15) is 10.0 Å². The zero-order chi connectivity index (χ0) is 31.3. The van der Waals surface area contributed by atoms with Gasteiger partial charge in [0.25, 0.3) is 0 Å². The lowest BCUT2D eigenvalue weighted by atomic mass is 9.79. The minimum Gasteiger partial charge on any atom is -0.599 e. The van der Waals surface area contributed by atoms with Gasteiger partial charge in [-0.05, 0) is 68.9 Å². The van der Waals surface area contributed by atoms with Crippen LogP contribution in [0.1, 0.15) is 142 Å².